The minimum Gasteiger partial charge on any atom is -0.323 e. The molecule has 0 aliphatic carbocycles. The molecule has 4 rings (SSSR count). The van der Waals surface area contributed by atoms with Crippen LogP contribution < -0.4 is 4.90 Å². The van der Waals surface area contributed by atoms with Crippen LogP contribution >= 0.6 is 0 Å². The third-order valence-electron chi connectivity index (χ3n) is 5.66. The summed E-state index contributed by atoms with van der Waals surface area (Å²) in [6, 6.07) is 29.1. The first-order valence-electron chi connectivity index (χ1n) is 10.0. The van der Waals surface area contributed by atoms with Crippen LogP contribution in [0.2, 0.25) is 0 Å². The number of benzene rings is 3. The van der Waals surface area contributed by atoms with Crippen LogP contribution in [-0.4, -0.2) is 38.9 Å². The van der Waals surface area contributed by atoms with Crippen LogP contribution in [0.5, 0.6) is 0 Å². The van der Waals surface area contributed by atoms with Crippen molar-refractivity contribution in [3.05, 3.63) is 102 Å². The smallest absolute Gasteiger partial charge is 0.243 e. The molecule has 0 radical (unpaired) electrons. The van der Waals surface area contributed by atoms with Gasteiger partial charge in [0.05, 0.1) is 42.7 Å². The lowest BCUT2D eigenvalue weighted by molar-refractivity contribution is -0.929. The highest BCUT2D eigenvalue weighted by atomic mass is 32.2. The normalized spacial score (nSPS) is 15.7. The van der Waals surface area contributed by atoms with Crippen molar-refractivity contribution in [1.82, 2.24) is 4.31 Å². The van der Waals surface area contributed by atoms with Gasteiger partial charge >= 0.3 is 0 Å². The van der Waals surface area contributed by atoms with E-state index in [9.17, 15) is 8.42 Å². The van der Waals surface area contributed by atoms with E-state index in [1.54, 1.807) is 16.4 Å². The molecule has 1 saturated heterocycles. The van der Waals surface area contributed by atoms with Gasteiger partial charge in [-0.2, -0.15) is 9.57 Å². The Morgan fingerprint density at radius 3 is 1.77 bits per heavy atom. The molecule has 0 unspecified atom stereocenters. The molecule has 0 amide bonds. The van der Waals surface area contributed by atoms with E-state index in [0.717, 1.165) is 13.1 Å². The maximum absolute atomic E-state index is 13.0. The quantitative estimate of drug-likeness (QED) is 0.691. The molecule has 0 saturated carbocycles. The second-order valence-electron chi connectivity index (χ2n) is 7.45. The summed E-state index contributed by atoms with van der Waals surface area (Å²) < 4.78 is 27.6. The van der Waals surface area contributed by atoms with Gasteiger partial charge in [0.2, 0.25) is 10.0 Å². The number of piperazine rings is 1. The van der Waals surface area contributed by atoms with E-state index in [-0.39, 0.29) is 10.9 Å². The van der Waals surface area contributed by atoms with Crippen molar-refractivity contribution < 1.29 is 13.3 Å². The van der Waals surface area contributed by atoms with E-state index in [0.29, 0.717) is 18.7 Å². The number of nitrogens with one attached hydrogen (secondary N) is 1. The van der Waals surface area contributed by atoms with Crippen molar-refractivity contribution in [3.8, 4) is 6.07 Å². The van der Waals surface area contributed by atoms with Gasteiger partial charge in [-0.1, -0.05) is 60.7 Å². The number of hydrogen-bond donors (Lipinski definition) is 1. The molecular weight excluding hydrogens is 394 g/mol. The van der Waals surface area contributed by atoms with Crippen molar-refractivity contribution in [2.24, 2.45) is 0 Å². The summed E-state index contributed by atoms with van der Waals surface area (Å²) in [5.74, 6) is 0. The predicted molar refractivity (Wildman–Crippen MR) is 115 cm³/mol. The van der Waals surface area contributed by atoms with Crippen LogP contribution in [0.4, 0.5) is 0 Å². The molecule has 1 heterocycles. The zero-order valence-corrected chi connectivity index (χ0v) is 17.4. The van der Waals surface area contributed by atoms with Gasteiger partial charge in [0.25, 0.3) is 0 Å². The minimum atomic E-state index is -3.55. The van der Waals surface area contributed by atoms with E-state index in [4.69, 9.17) is 5.26 Å². The van der Waals surface area contributed by atoms with Crippen molar-refractivity contribution in [3.63, 3.8) is 0 Å². The lowest BCUT2D eigenvalue weighted by atomic mass is 9.96. The zero-order chi connectivity index (χ0) is 21.0. The van der Waals surface area contributed by atoms with Crippen LogP contribution in [0.25, 0.3) is 0 Å². The second-order valence-corrected chi connectivity index (χ2v) is 9.39. The molecule has 0 spiro atoms. The van der Waals surface area contributed by atoms with Gasteiger partial charge in [0, 0.05) is 11.1 Å². The Kier molecular flexibility index (Phi) is 5.96. The van der Waals surface area contributed by atoms with Gasteiger partial charge in [-0.05, 0) is 24.3 Å². The van der Waals surface area contributed by atoms with Gasteiger partial charge in [0.1, 0.15) is 6.04 Å². The molecule has 1 aliphatic rings. The van der Waals surface area contributed by atoms with Crippen molar-refractivity contribution in [2.45, 2.75) is 10.9 Å². The van der Waals surface area contributed by atoms with E-state index in [1.165, 1.54) is 28.2 Å². The van der Waals surface area contributed by atoms with Gasteiger partial charge in [-0.25, -0.2) is 8.42 Å². The predicted octanol–water partition coefficient (Wildman–Crippen LogP) is 2.24. The molecule has 3 aromatic rings. The summed E-state index contributed by atoms with van der Waals surface area (Å²) in [4.78, 5) is 1.60. The Morgan fingerprint density at radius 2 is 1.30 bits per heavy atom. The first kappa shape index (κ1) is 20.3. The fraction of sp³-hybridized carbons (Fsp3) is 0.208. The van der Waals surface area contributed by atoms with Crippen LogP contribution in [0.1, 0.15) is 22.7 Å². The summed E-state index contributed by atoms with van der Waals surface area (Å²) in [5, 5.41) is 8.94. The summed E-state index contributed by atoms with van der Waals surface area (Å²) in [7, 11) is -3.55. The number of quaternary nitrogens is 1. The number of hydrogen-bond acceptors (Lipinski definition) is 3. The highest BCUT2D eigenvalue weighted by molar-refractivity contribution is 7.89. The zero-order valence-electron chi connectivity index (χ0n) is 16.6. The van der Waals surface area contributed by atoms with Gasteiger partial charge in [0.15, 0.2) is 0 Å². The molecule has 3 aromatic carbocycles. The minimum absolute atomic E-state index is 0.173. The first-order valence-corrected chi connectivity index (χ1v) is 11.5. The average Bonchev–Trinajstić information content (AvgIpc) is 2.81. The topological polar surface area (TPSA) is 65.6 Å². The number of rotatable bonds is 5. The Hall–Kier alpha value is -2.98. The average molecular weight is 419 g/mol. The molecular formula is C24H24N3O2S+. The first-order chi connectivity index (χ1) is 14.6. The lowest BCUT2D eigenvalue weighted by Crippen LogP contribution is -3.15. The second kappa shape index (κ2) is 8.80. The highest BCUT2D eigenvalue weighted by Crippen LogP contribution is 2.21. The summed E-state index contributed by atoms with van der Waals surface area (Å²) >= 11 is 0. The maximum Gasteiger partial charge on any atom is 0.243 e. The van der Waals surface area contributed by atoms with Crippen molar-refractivity contribution in [2.75, 3.05) is 26.2 Å². The van der Waals surface area contributed by atoms with Crippen molar-refractivity contribution in [1.29, 1.82) is 5.26 Å². The summed E-state index contributed by atoms with van der Waals surface area (Å²) in [6.07, 6.45) is 0. The Morgan fingerprint density at radius 1 is 0.800 bits per heavy atom. The monoisotopic (exact) mass is 418 g/mol. The Balaban J connectivity index is 1.54. The lowest BCUT2D eigenvalue weighted by Gasteiger charge is -2.36. The van der Waals surface area contributed by atoms with E-state index in [1.807, 2.05) is 18.2 Å². The molecule has 1 fully saturated rings. The van der Waals surface area contributed by atoms with Crippen molar-refractivity contribution >= 4 is 10.0 Å². The molecule has 0 bridgehead atoms. The molecule has 5 nitrogen and oxygen atoms in total. The standard InChI is InChI=1S/C24H23N3O2S/c25-19-20-11-13-23(14-12-20)30(28,29)27-17-15-26(16-18-27)24(21-7-3-1-4-8-21)22-9-5-2-6-10-22/h1-14,24H,15-18H2/p+1. The van der Waals surface area contributed by atoms with Crippen LogP contribution in [0, 0.1) is 11.3 Å². The number of nitrogens with zero attached hydrogens (tertiary/aromatic N) is 2. The molecule has 0 atom stereocenters. The third-order valence-corrected chi connectivity index (χ3v) is 7.57. The Bertz CT molecular complexity index is 1080. The SMILES string of the molecule is N#Cc1ccc(S(=O)(=O)N2CC[NH+](C(c3ccccc3)c3ccccc3)CC2)cc1. The largest absolute Gasteiger partial charge is 0.323 e. The van der Waals surface area contributed by atoms with Crippen LogP contribution in [0.15, 0.2) is 89.8 Å². The van der Waals surface area contributed by atoms with Gasteiger partial charge < -0.3 is 4.90 Å². The Labute approximate surface area is 177 Å². The summed E-state index contributed by atoms with van der Waals surface area (Å²) in [5.41, 5.74) is 2.93. The van der Waals surface area contributed by atoms with Gasteiger partial charge in [-0.15, -0.1) is 0 Å². The molecule has 6 heteroatoms. The third kappa shape index (κ3) is 4.14. The fourth-order valence-electron chi connectivity index (χ4n) is 4.11. The highest BCUT2D eigenvalue weighted by Gasteiger charge is 2.34. The maximum atomic E-state index is 13.0. The van der Waals surface area contributed by atoms with E-state index >= 15 is 0 Å². The molecule has 0 aromatic heterocycles. The molecule has 1 N–H and O–H groups in total. The van der Waals surface area contributed by atoms with E-state index < -0.39 is 10.0 Å². The fourth-order valence-corrected chi connectivity index (χ4v) is 5.55. The van der Waals surface area contributed by atoms with Gasteiger partial charge in [-0.3, -0.25) is 0 Å². The summed E-state index contributed by atoms with van der Waals surface area (Å²) in [6.45, 7) is 2.38. The van der Waals surface area contributed by atoms with Crippen LogP contribution in [0.3, 0.4) is 0 Å². The number of sulfonamides is 1. The number of nitriles is 1. The van der Waals surface area contributed by atoms with Crippen LogP contribution in [-0.2, 0) is 10.0 Å². The molecule has 30 heavy (non-hydrogen) atoms. The van der Waals surface area contributed by atoms with E-state index in [2.05, 4.69) is 48.5 Å². The molecule has 1 aliphatic heterocycles. The molecule has 152 valence electrons.